The Morgan fingerprint density at radius 2 is 1.05 bits per heavy atom. The lowest BCUT2D eigenvalue weighted by molar-refractivity contribution is 0.306. The highest BCUT2D eigenvalue weighted by Crippen LogP contribution is 2.19. The third kappa shape index (κ3) is 17.3. The van der Waals surface area contributed by atoms with Crippen LogP contribution in [0.25, 0.3) is 0 Å². The zero-order valence-electron chi connectivity index (χ0n) is 23.5. The minimum absolute atomic E-state index is 0.238. The second-order valence-corrected chi connectivity index (χ2v) is 11.5. The zero-order valence-corrected chi connectivity index (χ0v) is 24.3. The molecule has 0 aliphatic rings. The standard InChI is InChI=1S/C18H30O3S.C14H22O/c1-2-3-4-5-6-7-8-9-10-14-17-21-22(19,20)18-15-12-11-13-16-18;1-2-3-4-5-6-7-10-13-11-8-9-12-14(13)15/h11-13,15-16H,2-10,14,17H2,1H3;8-9,11-12,15H,2-7,10H2,1H3. The second-order valence-electron chi connectivity index (χ2n) is 9.92. The molecule has 0 heterocycles. The molecule has 0 spiro atoms. The van der Waals surface area contributed by atoms with E-state index < -0.39 is 10.1 Å². The van der Waals surface area contributed by atoms with Gasteiger partial charge in [-0.05, 0) is 43.0 Å². The number of hydrogen-bond acceptors (Lipinski definition) is 4. The minimum Gasteiger partial charge on any atom is -0.508 e. The van der Waals surface area contributed by atoms with Crippen molar-refractivity contribution in [2.24, 2.45) is 0 Å². The molecule has 0 aromatic heterocycles. The average Bonchev–Trinajstić information content (AvgIpc) is 2.91. The van der Waals surface area contributed by atoms with Crippen LogP contribution in [0, 0.1) is 0 Å². The van der Waals surface area contributed by atoms with Gasteiger partial charge in [0.1, 0.15) is 5.75 Å². The van der Waals surface area contributed by atoms with Gasteiger partial charge in [-0.2, -0.15) is 8.42 Å². The quantitative estimate of drug-likeness (QED) is 0.136. The summed E-state index contributed by atoms with van der Waals surface area (Å²) in [4.78, 5) is 0.238. The molecular formula is C32H52O4S. The van der Waals surface area contributed by atoms with E-state index in [2.05, 4.69) is 13.8 Å². The molecule has 0 radical (unpaired) electrons. The van der Waals surface area contributed by atoms with Crippen LogP contribution >= 0.6 is 0 Å². The van der Waals surface area contributed by atoms with E-state index >= 15 is 0 Å². The summed E-state index contributed by atoms with van der Waals surface area (Å²) in [5.74, 6) is 0.450. The summed E-state index contributed by atoms with van der Waals surface area (Å²) in [5, 5.41) is 9.55. The van der Waals surface area contributed by atoms with Crippen molar-refractivity contribution in [2.45, 2.75) is 128 Å². The monoisotopic (exact) mass is 532 g/mol. The number of rotatable bonds is 20. The molecule has 1 N–H and O–H groups in total. The van der Waals surface area contributed by atoms with Crippen molar-refractivity contribution in [1.82, 2.24) is 0 Å². The van der Waals surface area contributed by atoms with Crippen molar-refractivity contribution in [3.05, 3.63) is 60.2 Å². The molecular weight excluding hydrogens is 480 g/mol. The Kier molecular flexibility index (Phi) is 19.9. The van der Waals surface area contributed by atoms with Crippen molar-refractivity contribution >= 4 is 10.1 Å². The SMILES string of the molecule is CCCCCCCCCCCCOS(=O)(=O)c1ccccc1.CCCCCCCCc1ccccc1O. The molecule has 2 rings (SSSR count). The van der Waals surface area contributed by atoms with Crippen molar-refractivity contribution < 1.29 is 17.7 Å². The van der Waals surface area contributed by atoms with Gasteiger partial charge < -0.3 is 5.11 Å². The maximum absolute atomic E-state index is 11.9. The lowest BCUT2D eigenvalue weighted by atomic mass is 10.0. The van der Waals surface area contributed by atoms with Crippen LogP contribution in [-0.4, -0.2) is 20.1 Å². The van der Waals surface area contributed by atoms with Crippen molar-refractivity contribution in [1.29, 1.82) is 0 Å². The van der Waals surface area contributed by atoms with Crippen LogP contribution in [0.2, 0.25) is 0 Å². The molecule has 2 aromatic carbocycles. The van der Waals surface area contributed by atoms with E-state index in [1.807, 2.05) is 18.2 Å². The summed E-state index contributed by atoms with van der Waals surface area (Å²) in [7, 11) is -3.57. The number of aryl methyl sites for hydroxylation is 1. The molecule has 37 heavy (non-hydrogen) atoms. The van der Waals surface area contributed by atoms with Crippen LogP contribution < -0.4 is 0 Å². The largest absolute Gasteiger partial charge is 0.508 e. The van der Waals surface area contributed by atoms with E-state index in [9.17, 15) is 13.5 Å². The molecule has 0 amide bonds. The fraction of sp³-hybridized carbons (Fsp3) is 0.625. The smallest absolute Gasteiger partial charge is 0.296 e. The van der Waals surface area contributed by atoms with E-state index in [-0.39, 0.29) is 11.5 Å². The van der Waals surface area contributed by atoms with Crippen LogP contribution in [0.4, 0.5) is 0 Å². The molecule has 5 heteroatoms. The number of hydrogen-bond donors (Lipinski definition) is 1. The van der Waals surface area contributed by atoms with Crippen molar-refractivity contribution in [3.63, 3.8) is 0 Å². The maximum atomic E-state index is 11.9. The topological polar surface area (TPSA) is 63.6 Å². The number of aromatic hydroxyl groups is 1. The van der Waals surface area contributed by atoms with Gasteiger partial charge in [0, 0.05) is 0 Å². The summed E-state index contributed by atoms with van der Waals surface area (Å²) in [5.41, 5.74) is 1.09. The minimum atomic E-state index is -3.57. The van der Waals surface area contributed by atoms with E-state index in [1.165, 1.54) is 89.9 Å². The van der Waals surface area contributed by atoms with E-state index in [1.54, 1.807) is 36.4 Å². The third-order valence-electron chi connectivity index (χ3n) is 6.56. The molecule has 4 nitrogen and oxygen atoms in total. The van der Waals surface area contributed by atoms with Crippen LogP contribution in [0.3, 0.4) is 0 Å². The molecule has 0 bridgehead atoms. The lowest BCUT2D eigenvalue weighted by Crippen LogP contribution is -2.07. The van der Waals surface area contributed by atoms with Crippen molar-refractivity contribution in [2.75, 3.05) is 6.61 Å². The van der Waals surface area contributed by atoms with Crippen LogP contribution in [-0.2, 0) is 20.7 Å². The van der Waals surface area contributed by atoms with Gasteiger partial charge in [0.2, 0.25) is 0 Å². The fourth-order valence-electron chi connectivity index (χ4n) is 4.23. The fourth-order valence-corrected chi connectivity index (χ4v) is 5.20. The summed E-state index contributed by atoms with van der Waals surface area (Å²) >= 11 is 0. The highest BCUT2D eigenvalue weighted by Gasteiger charge is 2.13. The first-order chi connectivity index (χ1) is 18.0. The van der Waals surface area contributed by atoms with Gasteiger partial charge in [-0.15, -0.1) is 0 Å². The molecule has 0 saturated heterocycles. The average molecular weight is 533 g/mol. The predicted octanol–water partition coefficient (Wildman–Crippen LogP) is 9.61. The first-order valence-corrected chi connectivity index (χ1v) is 16.1. The number of benzene rings is 2. The molecule has 0 aliphatic carbocycles. The summed E-state index contributed by atoms with van der Waals surface area (Å²) in [6.45, 7) is 4.76. The first-order valence-electron chi connectivity index (χ1n) is 14.7. The van der Waals surface area contributed by atoms with E-state index in [0.717, 1.165) is 24.8 Å². The summed E-state index contributed by atoms with van der Waals surface area (Å²) in [6, 6.07) is 16.0. The Hall–Kier alpha value is -1.85. The molecule has 210 valence electrons. The van der Waals surface area contributed by atoms with Crippen LogP contribution in [0.15, 0.2) is 59.5 Å². The van der Waals surface area contributed by atoms with Crippen LogP contribution in [0.5, 0.6) is 5.75 Å². The normalized spacial score (nSPS) is 11.2. The highest BCUT2D eigenvalue weighted by molar-refractivity contribution is 7.86. The van der Waals surface area contributed by atoms with E-state index in [0.29, 0.717) is 5.75 Å². The zero-order chi connectivity index (χ0) is 27.0. The molecule has 0 aliphatic heterocycles. The van der Waals surface area contributed by atoms with Gasteiger partial charge in [-0.25, -0.2) is 0 Å². The number of unbranched alkanes of at least 4 members (excludes halogenated alkanes) is 14. The maximum Gasteiger partial charge on any atom is 0.296 e. The van der Waals surface area contributed by atoms with Gasteiger partial charge in [-0.3, -0.25) is 4.18 Å². The first kappa shape index (κ1) is 33.2. The van der Waals surface area contributed by atoms with Gasteiger partial charge in [0.05, 0.1) is 11.5 Å². The Bertz CT molecular complexity index is 881. The summed E-state index contributed by atoms with van der Waals surface area (Å²) in [6.07, 6.45) is 21.1. The molecule has 2 aromatic rings. The Morgan fingerprint density at radius 3 is 1.59 bits per heavy atom. The molecule has 0 fully saturated rings. The number of phenolic OH excluding ortho intramolecular Hbond substituents is 1. The third-order valence-corrected chi connectivity index (χ3v) is 7.89. The van der Waals surface area contributed by atoms with Gasteiger partial charge in [0.25, 0.3) is 10.1 Å². The number of para-hydroxylation sites is 1. The molecule has 0 atom stereocenters. The van der Waals surface area contributed by atoms with Crippen molar-refractivity contribution in [3.8, 4) is 5.75 Å². The van der Waals surface area contributed by atoms with Gasteiger partial charge in [-0.1, -0.05) is 140 Å². The van der Waals surface area contributed by atoms with Crippen LogP contribution in [0.1, 0.15) is 122 Å². The number of phenols is 1. The molecule has 0 saturated carbocycles. The van der Waals surface area contributed by atoms with Gasteiger partial charge in [0.15, 0.2) is 0 Å². The Labute approximate surface area is 228 Å². The molecule has 0 unspecified atom stereocenters. The summed E-state index contributed by atoms with van der Waals surface area (Å²) < 4.78 is 28.8. The highest BCUT2D eigenvalue weighted by atomic mass is 32.2. The van der Waals surface area contributed by atoms with Gasteiger partial charge >= 0.3 is 0 Å². The Morgan fingerprint density at radius 1 is 0.595 bits per heavy atom. The second kappa shape index (κ2) is 22.2. The predicted molar refractivity (Wildman–Crippen MR) is 157 cm³/mol. The Balaban J connectivity index is 0.000000397. The lowest BCUT2D eigenvalue weighted by Gasteiger charge is -2.05. The van der Waals surface area contributed by atoms with E-state index in [4.69, 9.17) is 4.18 Å².